The lowest BCUT2D eigenvalue weighted by molar-refractivity contribution is 0.937. The third-order valence-corrected chi connectivity index (χ3v) is 21.5. The van der Waals surface area contributed by atoms with E-state index in [2.05, 4.69) is 238 Å². The van der Waals surface area contributed by atoms with E-state index in [1.165, 1.54) is 153 Å². The summed E-state index contributed by atoms with van der Waals surface area (Å²) in [6.07, 6.45) is 4.52. The Labute approximate surface area is 415 Å². The van der Waals surface area contributed by atoms with E-state index in [4.69, 9.17) is 0 Å². The second-order valence-corrected chi connectivity index (χ2v) is 24.5. The van der Waals surface area contributed by atoms with Crippen LogP contribution in [0.25, 0.3) is 142 Å². The van der Waals surface area contributed by atoms with Crippen LogP contribution in [0.2, 0.25) is 6.04 Å². The summed E-state index contributed by atoms with van der Waals surface area (Å²) < 4.78 is 8.68. The average Bonchev–Trinajstić information content (AvgIpc) is 4.15. The Balaban J connectivity index is 1.01. The quantitative estimate of drug-likeness (QED) is 0.124. The zero-order chi connectivity index (χ0) is 47.0. The molecule has 0 spiro atoms. The number of rotatable bonds is 3. The number of benzene rings is 12. The van der Waals surface area contributed by atoms with Crippen LogP contribution in [0, 0.1) is 0 Å². The van der Waals surface area contributed by atoms with Crippen molar-refractivity contribution in [2.75, 3.05) is 0 Å². The Morgan fingerprint density at radius 3 is 0.986 bits per heavy atom. The highest BCUT2D eigenvalue weighted by Gasteiger charge is 2.51. The van der Waals surface area contributed by atoms with Gasteiger partial charge < -0.3 is 12.7 Å². The Morgan fingerprint density at radius 1 is 0.306 bits per heavy atom. The Bertz CT molecular complexity index is 4820. The maximum absolute atomic E-state index is 3.17. The van der Waals surface area contributed by atoms with Gasteiger partial charge in [0.15, 0.2) is 0 Å². The summed E-state index contributed by atoms with van der Waals surface area (Å²) in [5.41, 5.74) is 12.1. The van der Waals surface area contributed by atoms with Crippen molar-refractivity contribution in [1.29, 1.82) is 0 Å². The van der Waals surface area contributed by atoms with Gasteiger partial charge in [0.05, 0.1) is 11.4 Å². The highest BCUT2D eigenvalue weighted by molar-refractivity contribution is 6.80. The zero-order valence-electron chi connectivity index (χ0n) is 39.7. The van der Waals surface area contributed by atoms with E-state index in [0.29, 0.717) is 0 Å². The van der Waals surface area contributed by atoms with Crippen LogP contribution in [0.1, 0.15) is 30.2 Å². The predicted molar refractivity (Wildman–Crippen MR) is 310 cm³/mol. The smallest absolute Gasteiger partial charge is 0.332 e. The van der Waals surface area contributed by atoms with Gasteiger partial charge in [-0.3, -0.25) is 0 Å². The fraction of sp³-hybridized carbons (Fsp3) is 0.0588. The molecule has 15 aromatic rings. The highest BCUT2D eigenvalue weighted by Crippen LogP contribution is 2.50. The van der Waals surface area contributed by atoms with Gasteiger partial charge in [0, 0.05) is 38.4 Å². The molecule has 0 atom stereocenters. The SMILES string of the molecule is CC[Si]1(n2c(C3=Cc4cc5cc6ccccc6cc5cc4CC3)cc3cc4cc5ccccc5cc4cc32)n2c(cc3cc4cc5ccccc5cc4cc32)-c2cc3cc4cc5ccccc5cc4cc3n21. The number of aryl methyl sites for hydroxylation is 1. The van der Waals surface area contributed by atoms with Crippen molar-refractivity contribution in [1.82, 2.24) is 12.7 Å². The monoisotopic (exact) mass is 931 g/mol. The minimum absolute atomic E-state index is 0.945. The van der Waals surface area contributed by atoms with Crippen molar-refractivity contribution in [2.45, 2.75) is 25.8 Å². The highest BCUT2D eigenvalue weighted by atomic mass is 28.4. The van der Waals surface area contributed by atoms with Gasteiger partial charge in [-0.05, 0) is 237 Å². The molecule has 4 heteroatoms. The average molecular weight is 932 g/mol. The molecular formula is C68H45N3Si. The summed E-state index contributed by atoms with van der Waals surface area (Å²) in [7, 11) is -3.17. The molecule has 3 aromatic heterocycles. The third kappa shape index (κ3) is 5.29. The molecular weight excluding hydrogens is 887 g/mol. The molecule has 2 aliphatic rings. The van der Waals surface area contributed by atoms with E-state index < -0.39 is 8.56 Å². The number of nitrogens with zero attached hydrogens (tertiary/aromatic N) is 3. The van der Waals surface area contributed by atoms with Crippen molar-refractivity contribution in [3.63, 3.8) is 0 Å². The molecule has 4 heterocycles. The normalized spacial score (nSPS) is 14.3. The molecule has 12 aromatic carbocycles. The van der Waals surface area contributed by atoms with E-state index in [1.807, 2.05) is 0 Å². The van der Waals surface area contributed by atoms with Crippen LogP contribution in [-0.4, -0.2) is 21.3 Å². The predicted octanol–water partition coefficient (Wildman–Crippen LogP) is 18.1. The van der Waals surface area contributed by atoms with Crippen molar-refractivity contribution in [2.24, 2.45) is 0 Å². The maximum Gasteiger partial charge on any atom is 0.393 e. The summed E-state index contributed by atoms with van der Waals surface area (Å²) in [4.78, 5) is 0. The minimum atomic E-state index is -3.17. The molecule has 1 aliphatic carbocycles. The molecule has 336 valence electrons. The van der Waals surface area contributed by atoms with Gasteiger partial charge in [-0.15, -0.1) is 0 Å². The molecule has 0 radical (unpaired) electrons. The molecule has 0 bridgehead atoms. The number of allylic oxidation sites excluding steroid dienone is 1. The topological polar surface area (TPSA) is 14.8 Å². The summed E-state index contributed by atoms with van der Waals surface area (Å²) in [6.45, 7) is 2.48. The lowest BCUT2D eigenvalue weighted by atomic mass is 9.88. The summed E-state index contributed by atoms with van der Waals surface area (Å²) in [5, 5.41) is 24.4. The standard InChI is InChI=1S/C68H45N3Si/c1-2-72(69-63(38-60-32-54-23-43-13-5-8-16-46(43)26-57(54)35-64(60)69)50-20-19-49-29-52-21-41-11-3-4-12-42(41)22-53(52)31-51(49)30-50)70-65-36-58-27-47-17-9-6-14-44(47)24-55(58)33-61(65)39-67(70)68-40-62-34-56-25-45-15-7-10-18-48(45)28-59(56)37-66(62)71(68)72/h3-18,21-40H,2,19-20H2,1H3. The summed E-state index contributed by atoms with van der Waals surface area (Å²) in [5.74, 6) is 0. The Hall–Kier alpha value is -8.70. The van der Waals surface area contributed by atoms with Gasteiger partial charge in [-0.1, -0.05) is 110 Å². The van der Waals surface area contributed by atoms with Crippen LogP contribution >= 0.6 is 0 Å². The Kier molecular flexibility index (Phi) is 7.60. The van der Waals surface area contributed by atoms with E-state index in [-0.39, 0.29) is 0 Å². The fourth-order valence-corrected chi connectivity index (χ4v) is 18.6. The zero-order valence-corrected chi connectivity index (χ0v) is 40.7. The van der Waals surface area contributed by atoms with Crippen LogP contribution in [0.5, 0.6) is 0 Å². The van der Waals surface area contributed by atoms with Crippen molar-refractivity contribution in [3.8, 4) is 11.4 Å². The first-order valence-electron chi connectivity index (χ1n) is 25.6. The van der Waals surface area contributed by atoms with Gasteiger partial charge >= 0.3 is 8.56 Å². The second kappa shape index (κ2) is 14.0. The molecule has 3 nitrogen and oxygen atoms in total. The minimum Gasteiger partial charge on any atom is -0.332 e. The Morgan fingerprint density at radius 2 is 0.611 bits per heavy atom. The first-order valence-corrected chi connectivity index (χ1v) is 27.7. The van der Waals surface area contributed by atoms with E-state index in [0.717, 1.165) is 18.9 Å². The third-order valence-electron chi connectivity index (χ3n) is 17.0. The summed E-state index contributed by atoms with van der Waals surface area (Å²) in [6, 6.07) is 82.9. The summed E-state index contributed by atoms with van der Waals surface area (Å²) >= 11 is 0. The largest absolute Gasteiger partial charge is 0.393 e. The fourth-order valence-electron chi connectivity index (χ4n) is 13.6. The van der Waals surface area contributed by atoms with Crippen LogP contribution in [0.15, 0.2) is 212 Å². The number of aromatic nitrogens is 3. The molecule has 17 rings (SSSR count). The van der Waals surface area contributed by atoms with Gasteiger partial charge in [0.25, 0.3) is 0 Å². The van der Waals surface area contributed by atoms with Crippen molar-refractivity contribution >= 4 is 139 Å². The number of fused-ring (bicyclic) bond motifs is 17. The van der Waals surface area contributed by atoms with E-state index in [1.54, 1.807) is 0 Å². The van der Waals surface area contributed by atoms with Gasteiger partial charge in [-0.2, -0.15) is 0 Å². The number of hydrogen-bond donors (Lipinski definition) is 0. The van der Waals surface area contributed by atoms with Crippen molar-refractivity contribution in [3.05, 3.63) is 229 Å². The molecule has 1 aliphatic heterocycles. The molecule has 72 heavy (non-hydrogen) atoms. The van der Waals surface area contributed by atoms with Crippen LogP contribution in [-0.2, 0) is 6.42 Å². The molecule has 0 saturated carbocycles. The molecule has 0 amide bonds. The van der Waals surface area contributed by atoms with E-state index >= 15 is 0 Å². The van der Waals surface area contributed by atoms with Crippen molar-refractivity contribution < 1.29 is 0 Å². The molecule has 0 unspecified atom stereocenters. The molecule has 0 saturated heterocycles. The maximum atomic E-state index is 2.93. The van der Waals surface area contributed by atoms with Gasteiger partial charge in [0.1, 0.15) is 0 Å². The second-order valence-electron chi connectivity index (χ2n) is 20.9. The number of hydrogen-bond acceptors (Lipinski definition) is 0. The molecule has 0 N–H and O–H groups in total. The van der Waals surface area contributed by atoms with Gasteiger partial charge in [-0.25, -0.2) is 0 Å². The van der Waals surface area contributed by atoms with E-state index in [9.17, 15) is 0 Å². The van der Waals surface area contributed by atoms with Crippen LogP contribution < -0.4 is 0 Å². The van der Waals surface area contributed by atoms with Crippen LogP contribution in [0.3, 0.4) is 0 Å². The van der Waals surface area contributed by atoms with Crippen LogP contribution in [0.4, 0.5) is 0 Å². The molecule has 0 fully saturated rings. The van der Waals surface area contributed by atoms with Gasteiger partial charge in [0.2, 0.25) is 0 Å². The first-order chi connectivity index (χ1) is 35.5. The first kappa shape index (κ1) is 39.1. The lowest BCUT2D eigenvalue weighted by Crippen LogP contribution is -2.55. The lowest BCUT2D eigenvalue weighted by Gasteiger charge is -2.36.